The van der Waals surface area contributed by atoms with E-state index in [-0.39, 0.29) is 11.5 Å². The first-order valence-electron chi connectivity index (χ1n) is 11.6. The van der Waals surface area contributed by atoms with Gasteiger partial charge in [-0.3, -0.25) is 4.79 Å². The van der Waals surface area contributed by atoms with Crippen LogP contribution in [0.5, 0.6) is 0 Å². The molecule has 1 aliphatic rings. The number of rotatable bonds is 10. The number of aliphatic hydroxyl groups is 2. The molecule has 0 unspecified atom stereocenters. The van der Waals surface area contributed by atoms with Crippen LogP contribution in [0.2, 0.25) is 5.02 Å². The van der Waals surface area contributed by atoms with Crippen molar-refractivity contribution in [3.05, 3.63) is 63.7 Å². The van der Waals surface area contributed by atoms with Gasteiger partial charge in [0.1, 0.15) is 0 Å². The fourth-order valence-corrected chi connectivity index (χ4v) is 4.48. The van der Waals surface area contributed by atoms with Crippen molar-refractivity contribution in [2.75, 3.05) is 29.9 Å². The fraction of sp³-hybridized carbons (Fsp3) is 0.400. The number of thioether (sulfide) groups is 1. The molecule has 9 nitrogen and oxygen atoms in total. The Kier molecular flexibility index (Phi) is 12.5. The average Bonchev–Trinajstić information content (AvgIpc) is 3.12. The van der Waals surface area contributed by atoms with E-state index in [4.69, 9.17) is 32.0 Å². The number of alkyl halides is 3. The average molecular weight is 593 g/mol. The monoisotopic (exact) mass is 592 g/mol. The lowest BCUT2D eigenvalue weighted by Gasteiger charge is -2.16. The number of Topliss-reactive ketones (excluding diaryl/α,β-unsaturated/α-hetero) is 1. The molecule has 0 aromatic heterocycles. The number of halogens is 4. The van der Waals surface area contributed by atoms with Crippen LogP contribution in [0.25, 0.3) is 0 Å². The molecule has 0 spiro atoms. The summed E-state index contributed by atoms with van der Waals surface area (Å²) in [6.07, 6.45) is -6.92. The molecule has 0 radical (unpaired) electrons. The Morgan fingerprint density at radius 2 is 1.56 bits per heavy atom. The standard InChI is InChI=1S/C21H22ClF3N2OS.C4H6O6/c22-18-6-5-15-7-9-26-10-8-17(15)20(18)27-11-14-1-3-16(4-2-14)19(28)12-29-13-21(23,24)25;5-1(3(7)8)2(6)4(9)10/h1-6,26-27H,7-13H2;1-2,5-6H,(H,7,8)(H,9,10)/t;1-,2-/m.1/s1. The van der Waals surface area contributed by atoms with E-state index in [9.17, 15) is 27.6 Å². The lowest BCUT2D eigenvalue weighted by Crippen LogP contribution is -2.39. The second-order valence-corrected chi connectivity index (χ2v) is 9.85. The molecule has 2 aromatic rings. The van der Waals surface area contributed by atoms with Gasteiger partial charge in [-0.1, -0.05) is 41.9 Å². The molecule has 1 aliphatic heterocycles. The number of aliphatic carboxylic acids is 2. The summed E-state index contributed by atoms with van der Waals surface area (Å²) in [6, 6.07) is 10.9. The van der Waals surface area contributed by atoms with Crippen LogP contribution in [0.4, 0.5) is 18.9 Å². The Morgan fingerprint density at radius 1 is 0.974 bits per heavy atom. The molecule has 1 heterocycles. The van der Waals surface area contributed by atoms with Gasteiger partial charge in [-0.25, -0.2) is 9.59 Å². The van der Waals surface area contributed by atoms with Crippen LogP contribution in [-0.4, -0.2) is 81.1 Å². The molecule has 3 rings (SSSR count). The molecule has 6 N–H and O–H groups in total. The van der Waals surface area contributed by atoms with Crippen LogP contribution in [0, 0.1) is 0 Å². The number of benzene rings is 2. The van der Waals surface area contributed by atoms with Crippen molar-refractivity contribution >= 4 is 46.8 Å². The van der Waals surface area contributed by atoms with E-state index in [1.165, 1.54) is 11.1 Å². The number of nitrogens with one attached hydrogen (secondary N) is 2. The highest BCUT2D eigenvalue weighted by atomic mass is 35.5. The number of carbonyl (C=O) groups is 3. The number of hydrogen-bond donors (Lipinski definition) is 6. The van der Waals surface area contributed by atoms with E-state index >= 15 is 0 Å². The third kappa shape index (κ3) is 10.7. The van der Waals surface area contributed by atoms with Gasteiger partial charge in [0.2, 0.25) is 0 Å². The van der Waals surface area contributed by atoms with Crippen molar-refractivity contribution in [1.29, 1.82) is 0 Å². The summed E-state index contributed by atoms with van der Waals surface area (Å²) in [6.45, 7) is 2.40. The second-order valence-electron chi connectivity index (χ2n) is 8.46. The lowest BCUT2D eigenvalue weighted by atomic mass is 10.0. The molecule has 2 aromatic carbocycles. The number of aliphatic hydroxyl groups excluding tert-OH is 2. The molecule has 0 saturated heterocycles. The van der Waals surface area contributed by atoms with Gasteiger partial charge in [-0.15, -0.1) is 11.8 Å². The SMILES string of the molecule is O=C(CSCC(F)(F)F)c1ccc(CNc2c(Cl)ccc3c2CCNCC3)cc1.O=C(O)[C@H](O)[C@@H](O)C(=O)O. The molecule has 39 heavy (non-hydrogen) atoms. The van der Waals surface area contributed by atoms with E-state index in [2.05, 4.69) is 16.7 Å². The third-order valence-electron chi connectivity index (χ3n) is 5.53. The maximum Gasteiger partial charge on any atom is 0.397 e. The first-order valence-corrected chi connectivity index (χ1v) is 13.2. The minimum atomic E-state index is -4.26. The molecule has 0 fully saturated rings. The highest BCUT2D eigenvalue weighted by Gasteiger charge is 2.29. The Bertz CT molecular complexity index is 1130. The summed E-state index contributed by atoms with van der Waals surface area (Å²) >= 11 is 7.00. The maximum atomic E-state index is 12.2. The number of anilines is 1. The van der Waals surface area contributed by atoms with Gasteiger partial charge in [0.25, 0.3) is 0 Å². The molecule has 2 atom stereocenters. The summed E-state index contributed by atoms with van der Waals surface area (Å²) in [5, 5.41) is 40.0. The highest BCUT2D eigenvalue weighted by molar-refractivity contribution is 8.00. The molecule has 0 saturated carbocycles. The van der Waals surface area contributed by atoms with Crippen LogP contribution in [0.15, 0.2) is 36.4 Å². The van der Waals surface area contributed by atoms with Crippen molar-refractivity contribution in [2.45, 2.75) is 37.8 Å². The summed E-state index contributed by atoms with van der Waals surface area (Å²) in [7, 11) is 0. The number of hydrogen-bond acceptors (Lipinski definition) is 8. The zero-order valence-electron chi connectivity index (χ0n) is 20.5. The largest absolute Gasteiger partial charge is 0.479 e. The van der Waals surface area contributed by atoms with Gasteiger partial charge < -0.3 is 31.1 Å². The van der Waals surface area contributed by atoms with Crippen LogP contribution in [0.1, 0.15) is 27.0 Å². The van der Waals surface area contributed by atoms with Crippen molar-refractivity contribution in [1.82, 2.24) is 5.32 Å². The molecule has 14 heteroatoms. The van der Waals surface area contributed by atoms with E-state index < -0.39 is 36.1 Å². The summed E-state index contributed by atoms with van der Waals surface area (Å²) < 4.78 is 36.6. The zero-order chi connectivity index (χ0) is 29.2. The maximum absolute atomic E-state index is 12.2. The molecule has 214 valence electrons. The van der Waals surface area contributed by atoms with E-state index in [1.54, 1.807) is 12.1 Å². The Labute approximate surface area is 231 Å². The van der Waals surface area contributed by atoms with Crippen molar-refractivity contribution in [3.63, 3.8) is 0 Å². The second kappa shape index (κ2) is 15.1. The molecular weight excluding hydrogens is 565 g/mol. The summed E-state index contributed by atoms with van der Waals surface area (Å²) in [4.78, 5) is 31.6. The van der Waals surface area contributed by atoms with Gasteiger partial charge in [-0.2, -0.15) is 13.2 Å². The number of carboxylic acids is 2. The minimum absolute atomic E-state index is 0.184. The Hall–Kier alpha value is -2.84. The van der Waals surface area contributed by atoms with E-state index in [1.807, 2.05) is 18.2 Å². The lowest BCUT2D eigenvalue weighted by molar-refractivity contribution is -0.165. The molecule has 0 aliphatic carbocycles. The predicted octanol–water partition coefficient (Wildman–Crippen LogP) is 3.00. The van der Waals surface area contributed by atoms with Gasteiger partial charge in [0.05, 0.1) is 22.2 Å². The quantitative estimate of drug-likeness (QED) is 0.227. The van der Waals surface area contributed by atoms with Crippen LogP contribution < -0.4 is 10.6 Å². The topological polar surface area (TPSA) is 156 Å². The van der Waals surface area contributed by atoms with Crippen molar-refractivity contribution < 1.29 is 48.0 Å². The normalized spacial score (nSPS) is 14.6. The number of fused-ring (bicyclic) bond motifs is 1. The molecule has 0 amide bonds. The van der Waals surface area contributed by atoms with Crippen LogP contribution in [0.3, 0.4) is 0 Å². The third-order valence-corrected chi connectivity index (χ3v) is 6.84. The zero-order valence-corrected chi connectivity index (χ0v) is 22.1. The molecule has 0 bridgehead atoms. The van der Waals surface area contributed by atoms with Gasteiger partial charge in [0, 0.05) is 12.1 Å². The summed E-state index contributed by atoms with van der Waals surface area (Å²) in [5.74, 6) is -5.04. The van der Waals surface area contributed by atoms with Gasteiger partial charge in [-0.05, 0) is 48.7 Å². The smallest absolute Gasteiger partial charge is 0.397 e. The number of ketones is 1. The van der Waals surface area contributed by atoms with Crippen molar-refractivity contribution in [2.24, 2.45) is 0 Å². The predicted molar refractivity (Wildman–Crippen MR) is 140 cm³/mol. The molecular formula is C25H28ClF3N2O7S. The van der Waals surface area contributed by atoms with Gasteiger partial charge in [0.15, 0.2) is 18.0 Å². The summed E-state index contributed by atoms with van der Waals surface area (Å²) in [5.41, 5.74) is 4.85. The van der Waals surface area contributed by atoms with E-state index in [0.29, 0.717) is 28.9 Å². The Morgan fingerprint density at radius 3 is 2.13 bits per heavy atom. The van der Waals surface area contributed by atoms with Gasteiger partial charge >= 0.3 is 18.1 Å². The van der Waals surface area contributed by atoms with Crippen LogP contribution >= 0.6 is 23.4 Å². The fourth-order valence-electron chi connectivity index (χ4n) is 3.55. The minimum Gasteiger partial charge on any atom is -0.479 e. The first-order chi connectivity index (χ1) is 18.3. The number of carboxylic acid groups (broad SMARTS) is 2. The van der Waals surface area contributed by atoms with Crippen molar-refractivity contribution in [3.8, 4) is 0 Å². The Balaban J connectivity index is 0.000000455. The highest BCUT2D eigenvalue weighted by Crippen LogP contribution is 2.31. The first kappa shape index (κ1) is 32.4. The van der Waals surface area contributed by atoms with Crippen LogP contribution in [-0.2, 0) is 29.0 Å². The van der Waals surface area contributed by atoms with E-state index in [0.717, 1.165) is 37.2 Å². The number of carbonyl (C=O) groups excluding carboxylic acids is 1.